The Morgan fingerprint density at radius 1 is 1.37 bits per heavy atom. The summed E-state index contributed by atoms with van der Waals surface area (Å²) >= 11 is 0. The molecule has 1 atom stereocenters. The third-order valence-electron chi connectivity index (χ3n) is 3.68. The Morgan fingerprint density at radius 3 is 2.47 bits per heavy atom. The Bertz CT molecular complexity index is 357. The summed E-state index contributed by atoms with van der Waals surface area (Å²) in [6.07, 6.45) is -4.79. The summed E-state index contributed by atoms with van der Waals surface area (Å²) in [5, 5.41) is 9.23. The fourth-order valence-corrected chi connectivity index (χ4v) is 2.37. The number of amides is 1. The normalized spacial score (nSPS) is 24.3. The van der Waals surface area contributed by atoms with Crippen molar-refractivity contribution in [3.63, 3.8) is 0 Å². The van der Waals surface area contributed by atoms with Gasteiger partial charge in [0, 0.05) is 19.5 Å². The van der Waals surface area contributed by atoms with E-state index in [0.717, 1.165) is 0 Å². The lowest BCUT2D eigenvalue weighted by Gasteiger charge is -2.39. The number of hydrogen-bond acceptors (Lipinski definition) is 2. The van der Waals surface area contributed by atoms with E-state index < -0.39 is 36.3 Å². The van der Waals surface area contributed by atoms with Crippen LogP contribution in [0.4, 0.5) is 13.2 Å². The van der Waals surface area contributed by atoms with Gasteiger partial charge in [-0.05, 0) is 19.3 Å². The van der Waals surface area contributed by atoms with Gasteiger partial charge in [-0.15, -0.1) is 0 Å². The van der Waals surface area contributed by atoms with E-state index in [0.29, 0.717) is 25.8 Å². The maximum absolute atomic E-state index is 12.1. The average Bonchev–Trinajstić information content (AvgIpc) is 2.34. The molecule has 0 spiro atoms. The molecule has 1 saturated heterocycles. The molecule has 0 aromatic rings. The molecule has 0 aromatic carbocycles. The third-order valence-corrected chi connectivity index (χ3v) is 3.68. The molecule has 0 radical (unpaired) electrons. The Labute approximate surface area is 109 Å². The zero-order valence-corrected chi connectivity index (χ0v) is 10.8. The first kappa shape index (κ1) is 15.8. The van der Waals surface area contributed by atoms with E-state index in [1.165, 1.54) is 4.90 Å². The molecule has 7 heteroatoms. The largest absolute Gasteiger partial charge is 0.481 e. The minimum atomic E-state index is -4.36. The van der Waals surface area contributed by atoms with Gasteiger partial charge in [0.1, 0.15) is 0 Å². The molecular formula is C12H18F3NO3. The number of carbonyl (C=O) groups is 2. The molecule has 1 unspecified atom stereocenters. The summed E-state index contributed by atoms with van der Waals surface area (Å²) in [4.78, 5) is 24.2. The van der Waals surface area contributed by atoms with Crippen LogP contribution in [-0.4, -0.2) is 41.1 Å². The van der Waals surface area contributed by atoms with Crippen molar-refractivity contribution in [1.29, 1.82) is 0 Å². The number of hydrogen-bond donors (Lipinski definition) is 1. The van der Waals surface area contributed by atoms with Gasteiger partial charge < -0.3 is 10.0 Å². The van der Waals surface area contributed by atoms with Gasteiger partial charge in [0.15, 0.2) is 0 Å². The van der Waals surface area contributed by atoms with Crippen LogP contribution in [0.3, 0.4) is 0 Å². The number of alkyl halides is 3. The van der Waals surface area contributed by atoms with Gasteiger partial charge in [0.05, 0.1) is 11.8 Å². The average molecular weight is 281 g/mol. The van der Waals surface area contributed by atoms with Gasteiger partial charge >= 0.3 is 12.1 Å². The summed E-state index contributed by atoms with van der Waals surface area (Å²) in [6.45, 7) is 2.07. The number of aliphatic carboxylic acids is 1. The van der Waals surface area contributed by atoms with Crippen LogP contribution in [0.25, 0.3) is 0 Å². The molecule has 1 aliphatic rings. The highest BCUT2D eigenvalue weighted by Crippen LogP contribution is 2.34. The van der Waals surface area contributed by atoms with Gasteiger partial charge in [-0.3, -0.25) is 9.59 Å². The highest BCUT2D eigenvalue weighted by atomic mass is 19.4. The summed E-state index contributed by atoms with van der Waals surface area (Å²) < 4.78 is 36.2. The van der Waals surface area contributed by atoms with E-state index in [9.17, 15) is 27.9 Å². The number of carboxylic acid groups (broad SMARTS) is 1. The first-order valence-electron chi connectivity index (χ1n) is 6.28. The molecule has 0 aromatic heterocycles. The first-order valence-corrected chi connectivity index (χ1v) is 6.28. The van der Waals surface area contributed by atoms with Gasteiger partial charge in [-0.25, -0.2) is 0 Å². The lowest BCUT2D eigenvalue weighted by molar-refractivity contribution is -0.158. The van der Waals surface area contributed by atoms with Crippen LogP contribution < -0.4 is 0 Å². The SMILES string of the molecule is CCC1(C(=O)O)CCCN(C(=O)CCC(F)(F)F)C1. The topological polar surface area (TPSA) is 57.6 Å². The van der Waals surface area contributed by atoms with E-state index in [2.05, 4.69) is 0 Å². The van der Waals surface area contributed by atoms with E-state index in [1.54, 1.807) is 6.92 Å². The zero-order valence-electron chi connectivity index (χ0n) is 10.8. The minimum Gasteiger partial charge on any atom is -0.481 e. The van der Waals surface area contributed by atoms with Gasteiger partial charge in [0.25, 0.3) is 0 Å². The molecule has 1 aliphatic heterocycles. The fourth-order valence-electron chi connectivity index (χ4n) is 2.37. The van der Waals surface area contributed by atoms with Crippen molar-refractivity contribution in [1.82, 2.24) is 4.90 Å². The molecule has 1 amide bonds. The predicted molar refractivity (Wildman–Crippen MR) is 61.5 cm³/mol. The van der Waals surface area contributed by atoms with Crippen LogP contribution in [0, 0.1) is 5.41 Å². The second-order valence-corrected chi connectivity index (χ2v) is 4.97. The standard InChI is InChI=1S/C12H18F3NO3/c1-2-11(10(18)19)5-3-7-16(8-11)9(17)4-6-12(13,14)15/h2-8H2,1H3,(H,18,19). The monoisotopic (exact) mass is 281 g/mol. The molecule has 0 saturated carbocycles. The molecule has 4 nitrogen and oxygen atoms in total. The van der Waals surface area contributed by atoms with Crippen LogP contribution in [0.1, 0.15) is 39.0 Å². The third kappa shape index (κ3) is 4.11. The molecule has 0 aliphatic carbocycles. The van der Waals surface area contributed by atoms with Crippen LogP contribution in [0.2, 0.25) is 0 Å². The molecule has 1 rings (SSSR count). The first-order chi connectivity index (χ1) is 8.70. The summed E-state index contributed by atoms with van der Waals surface area (Å²) in [6, 6.07) is 0. The molecule has 1 N–H and O–H groups in total. The summed E-state index contributed by atoms with van der Waals surface area (Å²) in [5.41, 5.74) is -1.01. The van der Waals surface area contributed by atoms with Crippen molar-refractivity contribution in [2.75, 3.05) is 13.1 Å². The summed E-state index contributed by atoms with van der Waals surface area (Å²) in [5.74, 6) is -1.60. The van der Waals surface area contributed by atoms with E-state index >= 15 is 0 Å². The lowest BCUT2D eigenvalue weighted by atomic mass is 9.77. The maximum Gasteiger partial charge on any atom is 0.389 e. The molecular weight excluding hydrogens is 263 g/mol. The highest BCUT2D eigenvalue weighted by Gasteiger charge is 2.42. The number of carboxylic acids is 1. The van der Waals surface area contributed by atoms with Crippen LogP contribution in [-0.2, 0) is 9.59 Å². The number of likely N-dealkylation sites (tertiary alicyclic amines) is 1. The Kier molecular flexibility index (Phi) is 4.81. The minimum absolute atomic E-state index is 0.00945. The Balaban J connectivity index is 2.64. The fraction of sp³-hybridized carbons (Fsp3) is 0.833. The van der Waals surface area contributed by atoms with E-state index in [-0.39, 0.29) is 6.54 Å². The quantitative estimate of drug-likeness (QED) is 0.861. The van der Waals surface area contributed by atoms with E-state index in [1.807, 2.05) is 0 Å². The summed E-state index contributed by atoms with van der Waals surface area (Å²) in [7, 11) is 0. The molecule has 1 heterocycles. The second kappa shape index (κ2) is 5.79. The molecule has 110 valence electrons. The van der Waals surface area contributed by atoms with Crippen molar-refractivity contribution in [2.45, 2.75) is 45.2 Å². The van der Waals surface area contributed by atoms with Crippen molar-refractivity contribution in [3.05, 3.63) is 0 Å². The second-order valence-electron chi connectivity index (χ2n) is 4.97. The smallest absolute Gasteiger partial charge is 0.389 e. The van der Waals surface area contributed by atoms with Crippen molar-refractivity contribution >= 4 is 11.9 Å². The van der Waals surface area contributed by atoms with Crippen molar-refractivity contribution in [2.24, 2.45) is 5.41 Å². The Hall–Kier alpha value is -1.27. The van der Waals surface area contributed by atoms with Crippen molar-refractivity contribution in [3.8, 4) is 0 Å². The molecule has 1 fully saturated rings. The number of nitrogens with zero attached hydrogens (tertiary/aromatic N) is 1. The maximum atomic E-state index is 12.1. The van der Waals surface area contributed by atoms with Crippen LogP contribution >= 0.6 is 0 Å². The molecule has 19 heavy (non-hydrogen) atoms. The van der Waals surface area contributed by atoms with Gasteiger partial charge in [-0.2, -0.15) is 13.2 Å². The number of carbonyl (C=O) groups excluding carboxylic acids is 1. The van der Waals surface area contributed by atoms with Gasteiger partial charge in [0.2, 0.25) is 5.91 Å². The highest BCUT2D eigenvalue weighted by molar-refractivity contribution is 5.79. The van der Waals surface area contributed by atoms with Crippen LogP contribution in [0.5, 0.6) is 0 Å². The van der Waals surface area contributed by atoms with Gasteiger partial charge in [-0.1, -0.05) is 6.92 Å². The van der Waals surface area contributed by atoms with Crippen LogP contribution in [0.15, 0.2) is 0 Å². The number of rotatable bonds is 4. The van der Waals surface area contributed by atoms with Crippen molar-refractivity contribution < 1.29 is 27.9 Å². The Morgan fingerprint density at radius 2 is 2.00 bits per heavy atom. The predicted octanol–water partition coefficient (Wildman–Crippen LogP) is 2.43. The molecule has 0 bridgehead atoms. The number of halogens is 3. The zero-order chi connectivity index (χ0) is 14.7. The lowest BCUT2D eigenvalue weighted by Crippen LogP contribution is -2.49. The van der Waals surface area contributed by atoms with E-state index in [4.69, 9.17) is 0 Å². The number of piperidine rings is 1.